The monoisotopic (exact) mass is 499 g/mol. The van der Waals surface area contributed by atoms with Crippen LogP contribution in [0.4, 0.5) is 10.1 Å². The number of rotatable bonds is 7. The summed E-state index contributed by atoms with van der Waals surface area (Å²) in [6, 6.07) is 23.6. The SMILES string of the molecule is Cc1ccccc1-n1cccc1[C@H]1[C@H](c2ccccn2)NC(=S)N1CCC(=O)Nc1ccc(F)cc1. The van der Waals surface area contributed by atoms with Crippen LogP contribution in [0.2, 0.25) is 0 Å². The molecule has 2 N–H and O–H groups in total. The van der Waals surface area contributed by atoms with Gasteiger partial charge in [0.05, 0.1) is 17.8 Å². The molecule has 182 valence electrons. The number of benzene rings is 2. The Kier molecular flexibility index (Phi) is 6.77. The van der Waals surface area contributed by atoms with Crippen LogP contribution in [0.25, 0.3) is 5.69 Å². The molecule has 3 heterocycles. The van der Waals surface area contributed by atoms with Gasteiger partial charge in [0.25, 0.3) is 0 Å². The number of aryl methyl sites for hydroxylation is 1. The molecule has 2 atom stereocenters. The molecule has 1 aliphatic heterocycles. The molecule has 0 bridgehead atoms. The second-order valence-electron chi connectivity index (χ2n) is 8.71. The normalized spacial score (nSPS) is 17.2. The van der Waals surface area contributed by atoms with Crippen molar-refractivity contribution in [1.82, 2.24) is 19.8 Å². The Morgan fingerprint density at radius 2 is 1.83 bits per heavy atom. The van der Waals surface area contributed by atoms with Crippen molar-refractivity contribution in [1.29, 1.82) is 0 Å². The summed E-state index contributed by atoms with van der Waals surface area (Å²) in [7, 11) is 0. The van der Waals surface area contributed by atoms with Crippen LogP contribution in [0.1, 0.15) is 35.5 Å². The van der Waals surface area contributed by atoms with E-state index in [0.29, 0.717) is 17.3 Å². The third-order valence-corrected chi connectivity index (χ3v) is 6.72. The first-order valence-corrected chi connectivity index (χ1v) is 12.2. The molecule has 1 fully saturated rings. The molecule has 1 amide bonds. The van der Waals surface area contributed by atoms with Gasteiger partial charge in [0.1, 0.15) is 5.82 Å². The maximum absolute atomic E-state index is 13.2. The van der Waals surface area contributed by atoms with Crippen LogP contribution >= 0.6 is 12.2 Å². The van der Waals surface area contributed by atoms with Crippen LogP contribution in [-0.4, -0.2) is 32.0 Å². The molecule has 0 unspecified atom stereocenters. The highest BCUT2D eigenvalue weighted by atomic mass is 32.1. The number of pyridine rings is 1. The molecule has 1 saturated heterocycles. The number of amides is 1. The molecule has 0 aliphatic carbocycles. The largest absolute Gasteiger partial charge is 0.352 e. The van der Waals surface area contributed by atoms with Gasteiger partial charge in [0.2, 0.25) is 5.91 Å². The molecule has 4 aromatic rings. The standard InChI is InChI=1S/C28H26FN5OS/c1-19-7-2-3-9-23(19)33-17-6-10-24(33)27-26(22-8-4-5-16-30-22)32-28(36)34(27)18-15-25(35)31-21-13-11-20(29)12-14-21/h2-14,16-17,26-27H,15,18H2,1H3,(H,31,35)(H,32,36)/t26-,27-/m0/s1. The fourth-order valence-electron chi connectivity index (χ4n) is 4.63. The Labute approximate surface area is 214 Å². The highest BCUT2D eigenvalue weighted by Gasteiger charge is 2.41. The minimum absolute atomic E-state index is 0.168. The summed E-state index contributed by atoms with van der Waals surface area (Å²) >= 11 is 5.75. The number of nitrogens with one attached hydrogen (secondary N) is 2. The minimum Gasteiger partial charge on any atom is -0.352 e. The molecule has 2 aromatic carbocycles. The summed E-state index contributed by atoms with van der Waals surface area (Å²) < 4.78 is 15.4. The topological polar surface area (TPSA) is 62.2 Å². The predicted octanol–water partition coefficient (Wildman–Crippen LogP) is 5.32. The first-order chi connectivity index (χ1) is 17.5. The molecule has 36 heavy (non-hydrogen) atoms. The summed E-state index contributed by atoms with van der Waals surface area (Å²) in [4.78, 5) is 19.4. The lowest BCUT2D eigenvalue weighted by Crippen LogP contribution is -2.33. The first kappa shape index (κ1) is 23.7. The van der Waals surface area contributed by atoms with Crippen LogP contribution in [0.3, 0.4) is 0 Å². The zero-order valence-electron chi connectivity index (χ0n) is 19.8. The number of thiocarbonyl (C=S) groups is 1. The molecule has 0 saturated carbocycles. The lowest BCUT2D eigenvalue weighted by Gasteiger charge is -2.29. The molecule has 0 radical (unpaired) electrons. The number of hydrogen-bond donors (Lipinski definition) is 2. The average Bonchev–Trinajstić information content (AvgIpc) is 3.49. The molecule has 1 aliphatic rings. The van der Waals surface area contributed by atoms with E-state index in [9.17, 15) is 9.18 Å². The fraction of sp³-hybridized carbons (Fsp3) is 0.179. The van der Waals surface area contributed by atoms with Gasteiger partial charge in [-0.3, -0.25) is 9.78 Å². The van der Waals surface area contributed by atoms with E-state index >= 15 is 0 Å². The van der Waals surface area contributed by atoms with Crippen molar-refractivity contribution in [2.24, 2.45) is 0 Å². The van der Waals surface area contributed by atoms with Gasteiger partial charge in [-0.05, 0) is 79.3 Å². The van der Waals surface area contributed by atoms with Crippen molar-refractivity contribution in [2.75, 3.05) is 11.9 Å². The number of aromatic nitrogens is 2. The summed E-state index contributed by atoms with van der Waals surface area (Å²) in [6.45, 7) is 2.50. The molecule has 6 nitrogen and oxygen atoms in total. The molecule has 8 heteroatoms. The van der Waals surface area contributed by atoms with Gasteiger partial charge >= 0.3 is 0 Å². The Morgan fingerprint density at radius 1 is 1.06 bits per heavy atom. The number of nitrogens with zero attached hydrogens (tertiary/aromatic N) is 3. The third kappa shape index (κ3) is 4.85. The second-order valence-corrected chi connectivity index (χ2v) is 9.10. The van der Waals surface area contributed by atoms with Crippen molar-refractivity contribution in [3.63, 3.8) is 0 Å². The van der Waals surface area contributed by atoms with E-state index in [1.54, 1.807) is 18.3 Å². The Bertz CT molecular complexity index is 1370. The Morgan fingerprint density at radius 3 is 2.58 bits per heavy atom. The summed E-state index contributed by atoms with van der Waals surface area (Å²) in [5.74, 6) is -0.514. The molecule has 2 aromatic heterocycles. The van der Waals surface area contributed by atoms with E-state index < -0.39 is 0 Å². The minimum atomic E-state index is -0.346. The van der Waals surface area contributed by atoms with Crippen LogP contribution in [0.15, 0.2) is 91.3 Å². The maximum atomic E-state index is 13.2. The van der Waals surface area contributed by atoms with Crippen molar-refractivity contribution in [2.45, 2.75) is 25.4 Å². The van der Waals surface area contributed by atoms with Crippen molar-refractivity contribution >= 4 is 28.9 Å². The lowest BCUT2D eigenvalue weighted by atomic mass is 10.0. The molecule has 0 spiro atoms. The molecular formula is C28H26FN5OS. The lowest BCUT2D eigenvalue weighted by molar-refractivity contribution is -0.116. The average molecular weight is 500 g/mol. The van der Waals surface area contributed by atoms with Gasteiger partial charge in [-0.2, -0.15) is 0 Å². The number of halogens is 1. The van der Waals surface area contributed by atoms with Crippen LogP contribution in [-0.2, 0) is 4.79 Å². The molecule has 5 rings (SSSR count). The smallest absolute Gasteiger partial charge is 0.226 e. The van der Waals surface area contributed by atoms with E-state index in [-0.39, 0.29) is 30.2 Å². The van der Waals surface area contributed by atoms with E-state index in [1.165, 1.54) is 12.1 Å². The third-order valence-electron chi connectivity index (χ3n) is 6.36. The quantitative estimate of drug-likeness (QED) is 0.337. The number of hydrogen-bond acceptors (Lipinski definition) is 3. The van der Waals surface area contributed by atoms with Gasteiger partial charge in [-0.15, -0.1) is 0 Å². The van der Waals surface area contributed by atoms with Crippen LogP contribution in [0.5, 0.6) is 0 Å². The highest BCUT2D eigenvalue weighted by molar-refractivity contribution is 7.80. The van der Waals surface area contributed by atoms with Crippen molar-refractivity contribution in [3.05, 3.63) is 114 Å². The Balaban J connectivity index is 1.44. The summed E-state index contributed by atoms with van der Waals surface area (Å²) in [5, 5.41) is 6.84. The summed E-state index contributed by atoms with van der Waals surface area (Å²) in [5.41, 5.74) is 4.72. The maximum Gasteiger partial charge on any atom is 0.226 e. The number of para-hydroxylation sites is 1. The number of anilines is 1. The van der Waals surface area contributed by atoms with Gasteiger partial charge < -0.3 is 20.1 Å². The van der Waals surface area contributed by atoms with Crippen LogP contribution < -0.4 is 10.6 Å². The summed E-state index contributed by atoms with van der Waals surface area (Å²) in [6.07, 6.45) is 4.04. The van der Waals surface area contributed by atoms with Crippen molar-refractivity contribution in [3.8, 4) is 5.69 Å². The van der Waals surface area contributed by atoms with E-state index in [2.05, 4.69) is 50.2 Å². The van der Waals surface area contributed by atoms with Crippen LogP contribution in [0, 0.1) is 12.7 Å². The van der Waals surface area contributed by atoms with Gasteiger partial charge in [-0.1, -0.05) is 24.3 Å². The van der Waals surface area contributed by atoms with Gasteiger partial charge in [0.15, 0.2) is 5.11 Å². The van der Waals surface area contributed by atoms with E-state index in [4.69, 9.17) is 12.2 Å². The van der Waals surface area contributed by atoms with Gasteiger partial charge in [-0.25, -0.2) is 4.39 Å². The number of carbonyl (C=O) groups excluding carboxylic acids is 1. The fourth-order valence-corrected chi connectivity index (χ4v) is 4.97. The zero-order valence-corrected chi connectivity index (χ0v) is 20.6. The van der Waals surface area contributed by atoms with E-state index in [0.717, 1.165) is 22.6 Å². The molecular weight excluding hydrogens is 473 g/mol. The highest BCUT2D eigenvalue weighted by Crippen LogP contribution is 2.39. The van der Waals surface area contributed by atoms with Crippen molar-refractivity contribution < 1.29 is 9.18 Å². The first-order valence-electron chi connectivity index (χ1n) is 11.8. The van der Waals surface area contributed by atoms with E-state index in [1.807, 2.05) is 42.6 Å². The predicted molar refractivity (Wildman–Crippen MR) is 142 cm³/mol. The Hall–Kier alpha value is -4.04. The zero-order chi connectivity index (χ0) is 25.1. The van der Waals surface area contributed by atoms with Gasteiger partial charge in [0, 0.05) is 42.4 Å². The second kappa shape index (κ2) is 10.3. The number of carbonyl (C=O) groups is 1.